The molecular formula is C22H36N4O2. The Balaban J connectivity index is 1.44. The molecule has 2 amide bonds. The molecule has 1 saturated heterocycles. The van der Waals surface area contributed by atoms with Crippen molar-refractivity contribution in [2.45, 2.75) is 56.7 Å². The van der Waals surface area contributed by atoms with E-state index in [2.05, 4.69) is 51.7 Å². The maximum Gasteiger partial charge on any atom is 0.314 e. The summed E-state index contributed by atoms with van der Waals surface area (Å²) in [6.07, 6.45) is 6.94. The molecule has 156 valence electrons. The van der Waals surface area contributed by atoms with Gasteiger partial charge in [-0.15, -0.1) is 0 Å². The second-order valence-electron chi connectivity index (χ2n) is 8.39. The van der Waals surface area contributed by atoms with Crippen LogP contribution in [0.1, 0.15) is 44.1 Å². The maximum atomic E-state index is 12.4. The summed E-state index contributed by atoms with van der Waals surface area (Å²) < 4.78 is 0. The Kier molecular flexibility index (Phi) is 7.71. The van der Waals surface area contributed by atoms with E-state index in [1.807, 2.05) is 6.07 Å². The number of hydrogen-bond acceptors (Lipinski definition) is 4. The lowest BCUT2D eigenvalue weighted by Gasteiger charge is -2.49. The molecule has 0 aromatic heterocycles. The summed E-state index contributed by atoms with van der Waals surface area (Å²) in [7, 11) is 2.17. The highest BCUT2D eigenvalue weighted by Crippen LogP contribution is 2.37. The molecule has 1 unspecified atom stereocenters. The molecule has 1 heterocycles. The van der Waals surface area contributed by atoms with E-state index in [1.165, 1.54) is 24.8 Å². The van der Waals surface area contributed by atoms with Gasteiger partial charge in [-0.3, -0.25) is 9.80 Å². The zero-order valence-electron chi connectivity index (χ0n) is 17.2. The fraction of sp³-hybridized carbons (Fsp3) is 0.682. The Hall–Kier alpha value is -1.63. The summed E-state index contributed by atoms with van der Waals surface area (Å²) in [5.41, 5.74) is 1.38. The quantitative estimate of drug-likeness (QED) is 0.607. The highest BCUT2D eigenvalue weighted by atomic mass is 16.3. The van der Waals surface area contributed by atoms with Crippen LogP contribution < -0.4 is 10.6 Å². The zero-order chi connectivity index (χ0) is 19.8. The maximum absolute atomic E-state index is 12.4. The number of aliphatic hydroxyl groups is 1. The number of aliphatic hydroxyl groups excluding tert-OH is 1. The van der Waals surface area contributed by atoms with Gasteiger partial charge in [0.2, 0.25) is 0 Å². The molecule has 1 aliphatic carbocycles. The number of carbonyl (C=O) groups is 1. The number of amides is 2. The molecule has 3 N–H and O–H groups in total. The number of β-amino-alcohol motifs (C(OH)–C–C–N with tert-alkyl or cyclic N) is 1. The second kappa shape index (κ2) is 10.2. The lowest BCUT2D eigenvalue weighted by molar-refractivity contribution is 0.0339. The number of likely N-dealkylation sites (tertiary alicyclic amines) is 1. The molecule has 1 aromatic carbocycles. The van der Waals surface area contributed by atoms with Crippen LogP contribution in [0, 0.1) is 0 Å². The first-order valence-electron chi connectivity index (χ1n) is 10.7. The van der Waals surface area contributed by atoms with E-state index in [0.29, 0.717) is 25.7 Å². The minimum Gasteiger partial charge on any atom is -0.395 e. The van der Waals surface area contributed by atoms with Crippen molar-refractivity contribution < 1.29 is 9.90 Å². The SMILES string of the molecule is CN(Cc1ccccc1)C1(CNC(=O)NCC2CCCCN2CCO)CCC1. The number of carbonyl (C=O) groups excluding carboxylic acids is 1. The lowest BCUT2D eigenvalue weighted by Crippen LogP contribution is -2.59. The number of piperidine rings is 1. The van der Waals surface area contributed by atoms with Gasteiger partial charge < -0.3 is 15.7 Å². The van der Waals surface area contributed by atoms with Crippen LogP contribution >= 0.6 is 0 Å². The van der Waals surface area contributed by atoms with Crippen LogP contribution in [0.25, 0.3) is 0 Å². The van der Waals surface area contributed by atoms with Crippen molar-refractivity contribution >= 4 is 6.03 Å². The predicted octanol–water partition coefficient (Wildman–Crippen LogP) is 2.19. The highest BCUT2D eigenvalue weighted by Gasteiger charge is 2.40. The van der Waals surface area contributed by atoms with Gasteiger partial charge in [0.05, 0.1) is 6.61 Å². The lowest BCUT2D eigenvalue weighted by atomic mass is 9.75. The standard InChI is InChI=1S/C22H36N4O2/c1-25(17-19-8-3-2-4-9-19)22(11-7-12-22)18-24-21(28)23-16-20-10-5-6-13-26(20)14-15-27/h2-4,8-9,20,27H,5-7,10-18H2,1H3,(H2,23,24,28). The number of nitrogens with one attached hydrogen (secondary N) is 2. The fourth-order valence-electron chi connectivity index (χ4n) is 4.54. The molecule has 6 heteroatoms. The molecule has 0 radical (unpaired) electrons. The molecule has 1 aliphatic heterocycles. The average Bonchev–Trinajstić information content (AvgIpc) is 2.67. The normalized spacial score (nSPS) is 21.9. The van der Waals surface area contributed by atoms with Crippen LogP contribution in [-0.4, -0.2) is 72.4 Å². The molecule has 2 aliphatic rings. The van der Waals surface area contributed by atoms with Gasteiger partial charge in [0.15, 0.2) is 0 Å². The molecule has 2 fully saturated rings. The first-order chi connectivity index (χ1) is 13.6. The number of rotatable bonds is 9. The summed E-state index contributed by atoms with van der Waals surface area (Å²) in [5, 5.41) is 15.4. The van der Waals surface area contributed by atoms with E-state index in [0.717, 1.165) is 32.4 Å². The van der Waals surface area contributed by atoms with Crippen LogP contribution in [0.3, 0.4) is 0 Å². The topological polar surface area (TPSA) is 67.8 Å². The summed E-state index contributed by atoms with van der Waals surface area (Å²) in [5.74, 6) is 0. The number of urea groups is 1. The Morgan fingerprint density at radius 1 is 1.21 bits per heavy atom. The molecule has 1 saturated carbocycles. The van der Waals surface area contributed by atoms with Gasteiger partial charge >= 0.3 is 6.03 Å². The van der Waals surface area contributed by atoms with Crippen molar-refractivity contribution in [2.75, 3.05) is 39.8 Å². The zero-order valence-corrected chi connectivity index (χ0v) is 17.2. The van der Waals surface area contributed by atoms with Gasteiger partial charge in [0, 0.05) is 37.8 Å². The van der Waals surface area contributed by atoms with Gasteiger partial charge in [0.25, 0.3) is 0 Å². The Morgan fingerprint density at radius 3 is 2.68 bits per heavy atom. The number of nitrogens with zero attached hydrogens (tertiary/aromatic N) is 2. The molecule has 28 heavy (non-hydrogen) atoms. The van der Waals surface area contributed by atoms with Crippen LogP contribution in [0.2, 0.25) is 0 Å². The first-order valence-corrected chi connectivity index (χ1v) is 10.7. The fourth-order valence-corrected chi connectivity index (χ4v) is 4.54. The smallest absolute Gasteiger partial charge is 0.314 e. The van der Waals surface area contributed by atoms with E-state index in [9.17, 15) is 9.90 Å². The number of benzene rings is 1. The van der Waals surface area contributed by atoms with Crippen molar-refractivity contribution in [3.8, 4) is 0 Å². The van der Waals surface area contributed by atoms with Crippen LogP contribution in [-0.2, 0) is 6.54 Å². The molecule has 1 aromatic rings. The van der Waals surface area contributed by atoms with Gasteiger partial charge in [-0.1, -0.05) is 36.8 Å². The number of hydrogen-bond donors (Lipinski definition) is 3. The highest BCUT2D eigenvalue weighted by molar-refractivity contribution is 5.74. The monoisotopic (exact) mass is 388 g/mol. The van der Waals surface area contributed by atoms with E-state index in [4.69, 9.17) is 0 Å². The minimum atomic E-state index is -0.0751. The molecular weight excluding hydrogens is 352 g/mol. The molecule has 3 rings (SSSR count). The molecule has 6 nitrogen and oxygen atoms in total. The minimum absolute atomic E-state index is 0.0704. The molecule has 1 atom stereocenters. The Labute approximate surface area is 169 Å². The number of likely N-dealkylation sites (N-methyl/N-ethyl adjacent to an activating group) is 1. The molecule has 0 spiro atoms. The van der Waals surface area contributed by atoms with Gasteiger partial charge in [0.1, 0.15) is 0 Å². The van der Waals surface area contributed by atoms with Gasteiger partial charge in [-0.05, 0) is 51.3 Å². The van der Waals surface area contributed by atoms with E-state index in [1.54, 1.807) is 0 Å². The summed E-state index contributed by atoms with van der Waals surface area (Å²) in [4.78, 5) is 17.1. The first kappa shape index (κ1) is 21.1. The Bertz CT molecular complexity index is 604. The largest absolute Gasteiger partial charge is 0.395 e. The van der Waals surface area contributed by atoms with Gasteiger partial charge in [-0.25, -0.2) is 4.79 Å². The third kappa shape index (κ3) is 5.46. The molecule has 0 bridgehead atoms. The second-order valence-corrected chi connectivity index (χ2v) is 8.39. The van der Waals surface area contributed by atoms with E-state index in [-0.39, 0.29) is 18.2 Å². The third-order valence-corrected chi connectivity index (χ3v) is 6.57. The summed E-state index contributed by atoms with van der Waals surface area (Å²) in [6.45, 7) is 4.14. The van der Waals surface area contributed by atoms with E-state index < -0.39 is 0 Å². The van der Waals surface area contributed by atoms with Gasteiger partial charge in [-0.2, -0.15) is 0 Å². The van der Waals surface area contributed by atoms with E-state index >= 15 is 0 Å². The van der Waals surface area contributed by atoms with Crippen LogP contribution in [0.15, 0.2) is 30.3 Å². The Morgan fingerprint density at radius 2 is 2.00 bits per heavy atom. The van der Waals surface area contributed by atoms with Crippen LogP contribution in [0.4, 0.5) is 4.79 Å². The summed E-state index contributed by atoms with van der Waals surface area (Å²) >= 11 is 0. The van der Waals surface area contributed by atoms with Crippen molar-refractivity contribution in [2.24, 2.45) is 0 Å². The summed E-state index contributed by atoms with van der Waals surface area (Å²) in [6, 6.07) is 10.8. The van der Waals surface area contributed by atoms with Crippen molar-refractivity contribution in [1.29, 1.82) is 0 Å². The average molecular weight is 389 g/mol. The third-order valence-electron chi connectivity index (χ3n) is 6.57. The predicted molar refractivity (Wildman–Crippen MR) is 112 cm³/mol. The van der Waals surface area contributed by atoms with Crippen LogP contribution in [0.5, 0.6) is 0 Å². The van der Waals surface area contributed by atoms with Crippen molar-refractivity contribution in [1.82, 2.24) is 20.4 Å². The van der Waals surface area contributed by atoms with Crippen molar-refractivity contribution in [3.05, 3.63) is 35.9 Å². The van der Waals surface area contributed by atoms with Crippen molar-refractivity contribution in [3.63, 3.8) is 0 Å².